The van der Waals surface area contributed by atoms with Crippen LogP contribution in [0.25, 0.3) is 10.8 Å². The minimum atomic E-state index is -0.786. The van der Waals surface area contributed by atoms with E-state index in [4.69, 9.17) is 0 Å². The molecule has 1 amide bonds. The first kappa shape index (κ1) is 16.1. The molecule has 4 nitrogen and oxygen atoms in total. The van der Waals surface area contributed by atoms with E-state index < -0.39 is 11.9 Å². The zero-order valence-corrected chi connectivity index (χ0v) is 14.4. The molecule has 0 bridgehead atoms. The molecule has 2 aromatic rings. The van der Waals surface area contributed by atoms with E-state index in [0.29, 0.717) is 13.0 Å². The lowest BCUT2D eigenvalue weighted by Gasteiger charge is -2.37. The van der Waals surface area contributed by atoms with Gasteiger partial charge in [0.15, 0.2) is 0 Å². The Kier molecular flexibility index (Phi) is 3.98. The molecule has 4 atom stereocenters. The Morgan fingerprint density at radius 2 is 1.84 bits per heavy atom. The van der Waals surface area contributed by atoms with E-state index in [-0.39, 0.29) is 23.8 Å². The standard InChI is InChI=1S/C21H23NO3/c1-13-15(21(24)25)10-5-11-22(13)20(23)19-12-18(19)17-9-4-7-14-6-2-3-8-16(14)17/h2-4,6-9,13,15,18-19H,5,10-12H2,1H3,(H,24,25)/t13-,15-,18?,19?/m1/s1. The van der Waals surface area contributed by atoms with Crippen LogP contribution in [0.4, 0.5) is 0 Å². The van der Waals surface area contributed by atoms with Gasteiger partial charge in [-0.25, -0.2) is 0 Å². The molecule has 1 saturated carbocycles. The molecule has 2 aliphatic rings. The Hall–Kier alpha value is -2.36. The first-order chi connectivity index (χ1) is 12.1. The third-order valence-corrected chi connectivity index (χ3v) is 5.92. The van der Waals surface area contributed by atoms with Gasteiger partial charge in [0, 0.05) is 18.5 Å². The molecule has 0 spiro atoms. The maximum atomic E-state index is 13.0. The number of piperidine rings is 1. The number of fused-ring (bicyclic) bond motifs is 1. The molecule has 1 N–H and O–H groups in total. The highest BCUT2D eigenvalue weighted by Crippen LogP contribution is 2.51. The van der Waals surface area contributed by atoms with Gasteiger partial charge >= 0.3 is 5.97 Å². The van der Waals surface area contributed by atoms with E-state index in [1.165, 1.54) is 16.3 Å². The topological polar surface area (TPSA) is 57.6 Å². The molecule has 1 aliphatic carbocycles. The zero-order chi connectivity index (χ0) is 17.6. The summed E-state index contributed by atoms with van der Waals surface area (Å²) >= 11 is 0. The van der Waals surface area contributed by atoms with E-state index in [1.807, 2.05) is 24.0 Å². The summed E-state index contributed by atoms with van der Waals surface area (Å²) in [6.07, 6.45) is 2.31. The van der Waals surface area contributed by atoms with Crippen molar-refractivity contribution in [2.75, 3.05) is 6.54 Å². The molecule has 25 heavy (non-hydrogen) atoms. The van der Waals surface area contributed by atoms with Crippen LogP contribution < -0.4 is 0 Å². The van der Waals surface area contributed by atoms with E-state index in [0.717, 1.165) is 12.8 Å². The predicted molar refractivity (Wildman–Crippen MR) is 96.3 cm³/mol. The van der Waals surface area contributed by atoms with Crippen molar-refractivity contribution in [3.63, 3.8) is 0 Å². The van der Waals surface area contributed by atoms with Crippen molar-refractivity contribution < 1.29 is 14.7 Å². The van der Waals surface area contributed by atoms with Gasteiger partial charge in [-0.2, -0.15) is 0 Å². The number of carbonyl (C=O) groups excluding carboxylic acids is 1. The summed E-state index contributed by atoms with van der Waals surface area (Å²) in [5, 5.41) is 11.8. The van der Waals surface area contributed by atoms with E-state index in [1.54, 1.807) is 0 Å². The molecule has 1 heterocycles. The number of carbonyl (C=O) groups is 2. The van der Waals surface area contributed by atoms with Crippen LogP contribution in [0.2, 0.25) is 0 Å². The van der Waals surface area contributed by atoms with Crippen molar-refractivity contribution in [2.24, 2.45) is 11.8 Å². The number of benzene rings is 2. The van der Waals surface area contributed by atoms with E-state index in [2.05, 4.69) is 30.3 Å². The fraction of sp³-hybridized carbons (Fsp3) is 0.429. The fourth-order valence-electron chi connectivity index (χ4n) is 4.38. The number of carboxylic acids is 1. The quantitative estimate of drug-likeness (QED) is 0.930. The average molecular weight is 337 g/mol. The molecular weight excluding hydrogens is 314 g/mol. The lowest BCUT2D eigenvalue weighted by molar-refractivity contribution is -0.149. The maximum Gasteiger partial charge on any atom is 0.308 e. The molecule has 4 heteroatoms. The Labute approximate surface area is 147 Å². The van der Waals surface area contributed by atoms with Gasteiger partial charge in [0.2, 0.25) is 5.91 Å². The number of amides is 1. The molecule has 1 aliphatic heterocycles. The highest BCUT2D eigenvalue weighted by molar-refractivity contribution is 5.90. The van der Waals surface area contributed by atoms with Gasteiger partial charge in [-0.15, -0.1) is 0 Å². The zero-order valence-electron chi connectivity index (χ0n) is 14.4. The highest BCUT2D eigenvalue weighted by Gasteiger charge is 2.48. The second kappa shape index (κ2) is 6.17. The fourth-order valence-corrected chi connectivity index (χ4v) is 4.38. The third-order valence-electron chi connectivity index (χ3n) is 5.92. The Morgan fingerprint density at radius 1 is 1.08 bits per heavy atom. The number of hydrogen-bond donors (Lipinski definition) is 1. The minimum Gasteiger partial charge on any atom is -0.481 e. The number of rotatable bonds is 3. The smallest absolute Gasteiger partial charge is 0.308 e. The van der Waals surface area contributed by atoms with Gasteiger partial charge in [-0.1, -0.05) is 42.5 Å². The largest absolute Gasteiger partial charge is 0.481 e. The Bertz CT molecular complexity index is 826. The second-order valence-corrected chi connectivity index (χ2v) is 7.38. The lowest BCUT2D eigenvalue weighted by Crippen LogP contribution is -2.49. The summed E-state index contributed by atoms with van der Waals surface area (Å²) in [6, 6.07) is 14.4. The SMILES string of the molecule is C[C@@H]1[C@H](C(=O)O)CCCN1C(=O)C1CC1c1cccc2ccccc12. The number of carboxylic acid groups (broad SMARTS) is 1. The normalized spacial score (nSPS) is 28.8. The predicted octanol–water partition coefficient (Wildman–Crippen LogP) is 3.66. The number of nitrogens with zero attached hydrogens (tertiary/aromatic N) is 1. The summed E-state index contributed by atoms with van der Waals surface area (Å²) in [5.41, 5.74) is 1.25. The van der Waals surface area contributed by atoms with Crippen LogP contribution in [0.5, 0.6) is 0 Å². The summed E-state index contributed by atoms with van der Waals surface area (Å²) in [4.78, 5) is 26.2. The highest BCUT2D eigenvalue weighted by atomic mass is 16.4. The molecule has 2 fully saturated rings. The van der Waals surface area contributed by atoms with Gasteiger partial charge in [0.25, 0.3) is 0 Å². The van der Waals surface area contributed by atoms with Crippen molar-refractivity contribution in [1.29, 1.82) is 0 Å². The van der Waals surface area contributed by atoms with Gasteiger partial charge in [-0.3, -0.25) is 9.59 Å². The second-order valence-electron chi connectivity index (χ2n) is 7.38. The van der Waals surface area contributed by atoms with Crippen LogP contribution >= 0.6 is 0 Å². The van der Waals surface area contributed by atoms with E-state index in [9.17, 15) is 14.7 Å². The Balaban J connectivity index is 1.54. The first-order valence-corrected chi connectivity index (χ1v) is 9.09. The van der Waals surface area contributed by atoms with Crippen molar-refractivity contribution in [3.8, 4) is 0 Å². The molecule has 1 saturated heterocycles. The van der Waals surface area contributed by atoms with Crippen LogP contribution in [-0.4, -0.2) is 34.5 Å². The molecule has 4 rings (SSSR count). The minimum absolute atomic E-state index is 0.000742. The van der Waals surface area contributed by atoms with Gasteiger partial charge in [-0.05, 0) is 48.4 Å². The molecule has 2 unspecified atom stereocenters. The van der Waals surface area contributed by atoms with Crippen molar-refractivity contribution in [1.82, 2.24) is 4.90 Å². The van der Waals surface area contributed by atoms with Crippen LogP contribution in [-0.2, 0) is 9.59 Å². The van der Waals surface area contributed by atoms with Crippen LogP contribution in [0.15, 0.2) is 42.5 Å². The summed E-state index contributed by atoms with van der Waals surface area (Å²) < 4.78 is 0. The summed E-state index contributed by atoms with van der Waals surface area (Å²) in [6.45, 7) is 2.56. The Morgan fingerprint density at radius 3 is 2.64 bits per heavy atom. The van der Waals surface area contributed by atoms with Crippen LogP contribution in [0.3, 0.4) is 0 Å². The summed E-state index contributed by atoms with van der Waals surface area (Å²) in [5.74, 6) is -0.827. The van der Waals surface area contributed by atoms with Gasteiger partial charge < -0.3 is 10.0 Å². The molecule has 2 aromatic carbocycles. The molecular formula is C21H23NO3. The number of hydrogen-bond acceptors (Lipinski definition) is 2. The first-order valence-electron chi connectivity index (χ1n) is 9.09. The number of aliphatic carboxylic acids is 1. The molecule has 0 aromatic heterocycles. The van der Waals surface area contributed by atoms with Crippen molar-refractivity contribution in [3.05, 3.63) is 48.0 Å². The maximum absolute atomic E-state index is 13.0. The van der Waals surface area contributed by atoms with Gasteiger partial charge in [0.05, 0.1) is 5.92 Å². The van der Waals surface area contributed by atoms with E-state index >= 15 is 0 Å². The summed E-state index contributed by atoms with van der Waals surface area (Å²) in [7, 11) is 0. The van der Waals surface area contributed by atoms with Gasteiger partial charge in [0.1, 0.15) is 0 Å². The monoisotopic (exact) mass is 337 g/mol. The lowest BCUT2D eigenvalue weighted by atomic mass is 9.90. The third kappa shape index (κ3) is 2.80. The van der Waals surface area contributed by atoms with Crippen molar-refractivity contribution in [2.45, 2.75) is 38.1 Å². The molecule has 130 valence electrons. The van der Waals surface area contributed by atoms with Crippen LogP contribution in [0, 0.1) is 11.8 Å². The number of likely N-dealkylation sites (tertiary alicyclic amines) is 1. The van der Waals surface area contributed by atoms with Crippen molar-refractivity contribution >= 4 is 22.6 Å². The van der Waals surface area contributed by atoms with Crippen LogP contribution in [0.1, 0.15) is 37.7 Å². The molecule has 0 radical (unpaired) electrons. The average Bonchev–Trinajstić information content (AvgIpc) is 3.41.